The SMILES string of the molecule is Oc1ccc(C23CCCC(C2)N3)cc1. The molecule has 0 spiro atoms. The first-order valence-corrected chi connectivity index (χ1v) is 5.36. The van der Waals surface area contributed by atoms with Gasteiger partial charge in [-0.2, -0.15) is 0 Å². The molecule has 0 aromatic heterocycles. The standard InChI is InChI=1S/C12H15NO/c14-11-5-3-9(4-6-11)12-7-1-2-10(8-12)13-12/h3-6,10,13-14H,1-2,7-8H2. The number of hydrogen-bond acceptors (Lipinski definition) is 2. The molecule has 14 heavy (non-hydrogen) atoms. The highest BCUT2D eigenvalue weighted by Crippen LogP contribution is 2.45. The van der Waals surface area contributed by atoms with Gasteiger partial charge >= 0.3 is 0 Å². The van der Waals surface area contributed by atoms with Crippen LogP contribution in [-0.4, -0.2) is 11.1 Å². The number of nitrogens with one attached hydrogen (secondary N) is 1. The van der Waals surface area contributed by atoms with E-state index in [1.807, 2.05) is 12.1 Å². The van der Waals surface area contributed by atoms with Crippen LogP contribution in [-0.2, 0) is 5.54 Å². The number of phenols is 1. The van der Waals surface area contributed by atoms with Gasteiger partial charge in [0.1, 0.15) is 5.75 Å². The van der Waals surface area contributed by atoms with Crippen molar-refractivity contribution in [2.45, 2.75) is 37.3 Å². The van der Waals surface area contributed by atoms with Crippen molar-refractivity contribution in [3.8, 4) is 5.75 Å². The molecule has 0 amide bonds. The highest BCUT2D eigenvalue weighted by atomic mass is 16.3. The van der Waals surface area contributed by atoms with Crippen molar-refractivity contribution in [3.05, 3.63) is 29.8 Å². The first kappa shape index (κ1) is 8.30. The summed E-state index contributed by atoms with van der Waals surface area (Å²) < 4.78 is 0. The van der Waals surface area contributed by atoms with Gasteiger partial charge in [0.15, 0.2) is 0 Å². The first-order valence-electron chi connectivity index (χ1n) is 5.36. The highest BCUT2D eigenvalue weighted by molar-refractivity contribution is 5.34. The number of rotatable bonds is 1. The topological polar surface area (TPSA) is 32.3 Å². The third-order valence-electron chi connectivity index (χ3n) is 3.65. The minimum Gasteiger partial charge on any atom is -0.508 e. The number of piperidine rings is 1. The van der Waals surface area contributed by atoms with E-state index in [1.165, 1.54) is 31.2 Å². The summed E-state index contributed by atoms with van der Waals surface area (Å²) in [5.41, 5.74) is 1.59. The van der Waals surface area contributed by atoms with Crippen molar-refractivity contribution in [2.24, 2.45) is 0 Å². The summed E-state index contributed by atoms with van der Waals surface area (Å²) >= 11 is 0. The van der Waals surface area contributed by atoms with Crippen LogP contribution in [0, 0.1) is 0 Å². The van der Waals surface area contributed by atoms with Crippen LogP contribution in [0.4, 0.5) is 0 Å². The molecule has 2 unspecified atom stereocenters. The van der Waals surface area contributed by atoms with Gasteiger partial charge in [-0.1, -0.05) is 12.1 Å². The second kappa shape index (κ2) is 2.74. The maximum Gasteiger partial charge on any atom is 0.115 e. The predicted molar refractivity (Wildman–Crippen MR) is 55.2 cm³/mol. The molecular formula is C12H15NO. The summed E-state index contributed by atoms with van der Waals surface area (Å²) in [4.78, 5) is 0. The Morgan fingerprint density at radius 1 is 1.29 bits per heavy atom. The zero-order valence-corrected chi connectivity index (χ0v) is 8.16. The fourth-order valence-electron chi connectivity index (χ4n) is 2.91. The van der Waals surface area contributed by atoms with E-state index in [9.17, 15) is 5.11 Å². The average Bonchev–Trinajstić information content (AvgIpc) is 2.18. The molecule has 2 atom stereocenters. The largest absolute Gasteiger partial charge is 0.508 e. The highest BCUT2D eigenvalue weighted by Gasteiger charge is 2.47. The van der Waals surface area contributed by atoms with Crippen molar-refractivity contribution < 1.29 is 5.11 Å². The van der Waals surface area contributed by atoms with Crippen LogP contribution in [0.15, 0.2) is 24.3 Å². The van der Waals surface area contributed by atoms with Crippen molar-refractivity contribution in [2.75, 3.05) is 0 Å². The Bertz CT molecular complexity index is 332. The molecule has 1 aromatic rings. The molecular weight excluding hydrogens is 174 g/mol. The van der Waals surface area contributed by atoms with Gasteiger partial charge in [0, 0.05) is 11.6 Å². The summed E-state index contributed by atoms with van der Waals surface area (Å²) in [6.07, 6.45) is 5.18. The second-order valence-corrected chi connectivity index (χ2v) is 4.57. The van der Waals surface area contributed by atoms with Gasteiger partial charge in [0.25, 0.3) is 0 Å². The Labute approximate surface area is 84.0 Å². The zero-order valence-electron chi connectivity index (χ0n) is 8.16. The lowest BCUT2D eigenvalue weighted by molar-refractivity contribution is 0.0688. The molecule has 74 valence electrons. The lowest BCUT2D eigenvalue weighted by Crippen LogP contribution is -2.63. The molecule has 0 radical (unpaired) electrons. The second-order valence-electron chi connectivity index (χ2n) is 4.57. The molecule has 2 heterocycles. The lowest BCUT2D eigenvalue weighted by atomic mass is 9.67. The summed E-state index contributed by atoms with van der Waals surface area (Å²) in [5, 5.41) is 12.9. The van der Waals surface area contributed by atoms with Gasteiger partial charge in [-0.25, -0.2) is 0 Å². The van der Waals surface area contributed by atoms with E-state index >= 15 is 0 Å². The van der Waals surface area contributed by atoms with Gasteiger partial charge in [-0.05, 0) is 43.4 Å². The fourth-order valence-corrected chi connectivity index (χ4v) is 2.91. The van der Waals surface area contributed by atoms with Crippen LogP contribution < -0.4 is 5.32 Å². The van der Waals surface area contributed by atoms with Gasteiger partial charge in [-0.3, -0.25) is 0 Å². The van der Waals surface area contributed by atoms with E-state index in [1.54, 1.807) is 12.1 Å². The molecule has 1 aliphatic carbocycles. The molecule has 1 aromatic carbocycles. The van der Waals surface area contributed by atoms with E-state index in [2.05, 4.69) is 5.32 Å². The maximum atomic E-state index is 9.23. The van der Waals surface area contributed by atoms with Crippen LogP contribution in [0.3, 0.4) is 0 Å². The summed E-state index contributed by atoms with van der Waals surface area (Å²) in [6.45, 7) is 0. The third-order valence-corrected chi connectivity index (χ3v) is 3.65. The van der Waals surface area contributed by atoms with Gasteiger partial charge in [0.2, 0.25) is 0 Å². The Hall–Kier alpha value is -1.02. The smallest absolute Gasteiger partial charge is 0.115 e. The molecule has 1 saturated carbocycles. The number of phenolic OH excluding ortho intramolecular Hbond substituents is 1. The summed E-state index contributed by atoms with van der Waals surface area (Å²) in [7, 11) is 0. The molecule has 3 aliphatic rings. The van der Waals surface area contributed by atoms with E-state index < -0.39 is 0 Å². The predicted octanol–water partition coefficient (Wildman–Crippen LogP) is 2.13. The van der Waals surface area contributed by atoms with Crippen molar-refractivity contribution in [3.63, 3.8) is 0 Å². The third kappa shape index (κ3) is 1.07. The Morgan fingerprint density at radius 3 is 2.57 bits per heavy atom. The number of aromatic hydroxyl groups is 1. The Morgan fingerprint density at radius 2 is 2.00 bits per heavy atom. The molecule has 2 bridgehead atoms. The van der Waals surface area contributed by atoms with Crippen LogP contribution >= 0.6 is 0 Å². The molecule has 2 saturated heterocycles. The quantitative estimate of drug-likeness (QED) is 0.709. The van der Waals surface area contributed by atoms with Crippen LogP contribution in [0.1, 0.15) is 31.2 Å². The minimum absolute atomic E-state index is 0.247. The Kier molecular flexibility index (Phi) is 1.62. The van der Waals surface area contributed by atoms with Gasteiger partial charge in [-0.15, -0.1) is 0 Å². The molecule has 2 nitrogen and oxygen atoms in total. The first-order chi connectivity index (χ1) is 6.78. The number of benzene rings is 1. The molecule has 4 rings (SSSR count). The lowest BCUT2D eigenvalue weighted by Gasteiger charge is -2.54. The maximum absolute atomic E-state index is 9.23. The molecule has 2 aliphatic heterocycles. The van der Waals surface area contributed by atoms with Gasteiger partial charge < -0.3 is 10.4 Å². The normalized spacial score (nSPS) is 35.0. The molecule has 2 N–H and O–H groups in total. The summed E-state index contributed by atoms with van der Waals surface area (Å²) in [5.74, 6) is 0.358. The number of hydrogen-bond donors (Lipinski definition) is 2. The average molecular weight is 189 g/mol. The molecule has 2 heteroatoms. The monoisotopic (exact) mass is 189 g/mol. The van der Waals surface area contributed by atoms with E-state index in [4.69, 9.17) is 0 Å². The van der Waals surface area contributed by atoms with E-state index in [-0.39, 0.29) is 5.54 Å². The van der Waals surface area contributed by atoms with Gasteiger partial charge in [0.05, 0.1) is 0 Å². The van der Waals surface area contributed by atoms with Crippen molar-refractivity contribution in [1.29, 1.82) is 0 Å². The van der Waals surface area contributed by atoms with E-state index in [0.29, 0.717) is 5.75 Å². The Balaban J connectivity index is 1.91. The van der Waals surface area contributed by atoms with Crippen LogP contribution in [0.25, 0.3) is 0 Å². The van der Waals surface area contributed by atoms with Crippen molar-refractivity contribution in [1.82, 2.24) is 5.32 Å². The number of fused-ring (bicyclic) bond motifs is 2. The van der Waals surface area contributed by atoms with E-state index in [0.717, 1.165) is 6.04 Å². The van der Waals surface area contributed by atoms with Crippen LogP contribution in [0.5, 0.6) is 5.75 Å². The summed E-state index contributed by atoms with van der Waals surface area (Å²) in [6, 6.07) is 8.41. The zero-order chi connectivity index (χ0) is 9.60. The fraction of sp³-hybridized carbons (Fsp3) is 0.500. The van der Waals surface area contributed by atoms with Crippen molar-refractivity contribution >= 4 is 0 Å². The molecule has 3 fully saturated rings. The van der Waals surface area contributed by atoms with Crippen LogP contribution in [0.2, 0.25) is 0 Å². The minimum atomic E-state index is 0.247.